The molecule has 15 heavy (non-hydrogen) atoms. The number of benzene rings is 1. The van der Waals surface area contributed by atoms with Gasteiger partial charge < -0.3 is 4.18 Å². The number of para-hydroxylation sites is 1. The molecule has 0 fully saturated rings. The Bertz CT molecular complexity index is 430. The van der Waals surface area contributed by atoms with Crippen molar-refractivity contribution in [2.75, 3.05) is 6.26 Å². The summed E-state index contributed by atoms with van der Waals surface area (Å²) in [4.78, 5) is 0. The minimum absolute atomic E-state index is 0.604. The Morgan fingerprint density at radius 2 is 1.73 bits per heavy atom. The van der Waals surface area contributed by atoms with Crippen molar-refractivity contribution in [3.8, 4) is 5.75 Å². The van der Waals surface area contributed by atoms with Crippen LogP contribution in [0.3, 0.4) is 0 Å². The van der Waals surface area contributed by atoms with E-state index in [0.29, 0.717) is 5.75 Å². The fraction of sp³-hybridized carbons (Fsp3) is 0.400. The molecule has 0 saturated carbocycles. The van der Waals surface area contributed by atoms with E-state index in [1.54, 1.807) is 12.1 Å². The second-order valence-corrected chi connectivity index (χ2v) is 11.1. The molecule has 1 aromatic rings. The van der Waals surface area contributed by atoms with E-state index in [0.717, 1.165) is 0 Å². The number of rotatable bonds is 3. The van der Waals surface area contributed by atoms with Gasteiger partial charge in [0.25, 0.3) is 0 Å². The molecule has 0 spiro atoms. The number of hydrogen-bond donors (Lipinski definition) is 0. The highest BCUT2D eigenvalue weighted by molar-refractivity contribution is 7.89. The predicted octanol–water partition coefficient (Wildman–Crippen LogP) is 2.91. The molecule has 0 bridgehead atoms. The number of hydrogen-bond acceptors (Lipinski definition) is 3. The van der Waals surface area contributed by atoms with Crippen LogP contribution in [0, 0.1) is 0 Å². The maximum absolute atomic E-state index is 12.0. The maximum atomic E-state index is 12.0. The smallest absolute Gasteiger partial charge is 0.194 e. The first-order valence-corrected chi connectivity index (χ1v) is 10.1. The van der Waals surface area contributed by atoms with Crippen molar-refractivity contribution >= 4 is 18.2 Å². The Kier molecular flexibility index (Phi) is 3.57. The van der Waals surface area contributed by atoms with Crippen molar-refractivity contribution in [2.45, 2.75) is 19.6 Å². The summed E-state index contributed by atoms with van der Waals surface area (Å²) in [6.45, 7) is 6.10. The van der Waals surface area contributed by atoms with Crippen LogP contribution in [0.5, 0.6) is 5.75 Å². The van der Waals surface area contributed by atoms with Gasteiger partial charge in [0, 0.05) is 0 Å². The van der Waals surface area contributed by atoms with Gasteiger partial charge in [-0.2, -0.15) is 0 Å². The topological polar surface area (TPSA) is 38.7 Å². The van der Waals surface area contributed by atoms with Crippen molar-refractivity contribution in [3.63, 3.8) is 0 Å². The van der Waals surface area contributed by atoms with E-state index < -0.39 is 18.2 Å². The molecule has 0 aliphatic rings. The molecule has 0 aromatic heterocycles. The SMILES string of the molecule is C[Si](C)(C)N=[S@](C)(=O)Oc1ccccc1. The standard InChI is InChI=1S/C10H17NO2SSi/c1-14(12,11-15(2,3)4)13-10-8-6-5-7-9-10/h5-9H,1-4H3/t14-/m1/s1. The predicted molar refractivity (Wildman–Crippen MR) is 66.9 cm³/mol. The molecule has 84 valence electrons. The molecule has 0 heterocycles. The van der Waals surface area contributed by atoms with Gasteiger partial charge in [0.2, 0.25) is 0 Å². The summed E-state index contributed by atoms with van der Waals surface area (Å²) in [6, 6.07) is 9.14. The van der Waals surface area contributed by atoms with Crippen LogP contribution in [0.15, 0.2) is 34.4 Å². The van der Waals surface area contributed by atoms with Crippen LogP contribution in [0.1, 0.15) is 0 Å². The summed E-state index contributed by atoms with van der Waals surface area (Å²) < 4.78 is 21.7. The molecule has 0 saturated heterocycles. The van der Waals surface area contributed by atoms with Gasteiger partial charge in [0.1, 0.15) is 5.75 Å². The first-order valence-electron chi connectivity index (χ1n) is 4.76. The van der Waals surface area contributed by atoms with Gasteiger partial charge in [-0.05, 0) is 31.8 Å². The highest BCUT2D eigenvalue weighted by Crippen LogP contribution is 2.14. The Morgan fingerprint density at radius 3 is 2.20 bits per heavy atom. The van der Waals surface area contributed by atoms with Crippen molar-refractivity contribution in [1.29, 1.82) is 0 Å². The highest BCUT2D eigenvalue weighted by Gasteiger charge is 2.16. The zero-order chi connectivity index (χ0) is 11.5. The van der Waals surface area contributed by atoms with Crippen LogP contribution in [0.4, 0.5) is 0 Å². The third-order valence-corrected chi connectivity index (χ3v) is 5.45. The van der Waals surface area contributed by atoms with Crippen molar-refractivity contribution in [3.05, 3.63) is 30.3 Å². The molecule has 0 aliphatic carbocycles. The second kappa shape index (κ2) is 4.36. The normalized spacial score (nSPS) is 15.5. The summed E-state index contributed by atoms with van der Waals surface area (Å²) in [5.41, 5.74) is 0. The molecule has 0 amide bonds. The van der Waals surface area contributed by atoms with Crippen LogP contribution >= 0.6 is 0 Å². The van der Waals surface area contributed by atoms with Crippen molar-refractivity contribution < 1.29 is 8.39 Å². The van der Waals surface area contributed by atoms with Crippen LogP contribution < -0.4 is 4.18 Å². The first kappa shape index (κ1) is 12.3. The van der Waals surface area contributed by atoms with E-state index in [4.69, 9.17) is 4.18 Å². The fourth-order valence-electron chi connectivity index (χ4n) is 1.17. The largest absolute Gasteiger partial charge is 0.397 e. The molecule has 5 heteroatoms. The molecule has 1 aromatic carbocycles. The van der Waals surface area contributed by atoms with E-state index >= 15 is 0 Å². The van der Waals surface area contributed by atoms with Gasteiger partial charge >= 0.3 is 0 Å². The molecular formula is C10H17NO2SSi. The lowest BCUT2D eigenvalue weighted by Gasteiger charge is -2.13. The van der Waals surface area contributed by atoms with Crippen molar-refractivity contribution in [2.24, 2.45) is 4.03 Å². The second-order valence-electron chi connectivity index (χ2n) is 4.39. The zero-order valence-electron chi connectivity index (χ0n) is 9.56. The highest BCUT2D eigenvalue weighted by atomic mass is 32.2. The quantitative estimate of drug-likeness (QED) is 0.766. The Hall–Kier alpha value is -0.813. The lowest BCUT2D eigenvalue weighted by molar-refractivity contribution is 0.557. The molecule has 0 unspecified atom stereocenters. The Morgan fingerprint density at radius 1 is 1.20 bits per heavy atom. The van der Waals surface area contributed by atoms with E-state index in [-0.39, 0.29) is 0 Å². The number of nitrogens with zero attached hydrogens (tertiary/aromatic N) is 1. The zero-order valence-corrected chi connectivity index (χ0v) is 11.4. The van der Waals surface area contributed by atoms with Crippen LogP contribution in [-0.4, -0.2) is 18.7 Å². The summed E-state index contributed by atoms with van der Waals surface area (Å²) in [6.07, 6.45) is 1.54. The summed E-state index contributed by atoms with van der Waals surface area (Å²) in [5, 5.41) is 0. The average molecular weight is 243 g/mol. The van der Waals surface area contributed by atoms with Gasteiger partial charge in [0.15, 0.2) is 18.2 Å². The molecule has 3 nitrogen and oxygen atoms in total. The van der Waals surface area contributed by atoms with Gasteiger partial charge in [-0.3, -0.25) is 0 Å². The summed E-state index contributed by atoms with van der Waals surface area (Å²) in [5.74, 6) is 0.604. The Balaban J connectivity index is 2.92. The molecule has 0 radical (unpaired) electrons. The van der Waals surface area contributed by atoms with E-state index in [2.05, 4.69) is 4.03 Å². The third-order valence-electron chi connectivity index (χ3n) is 1.43. The van der Waals surface area contributed by atoms with Crippen LogP contribution in [0.25, 0.3) is 0 Å². The van der Waals surface area contributed by atoms with Crippen LogP contribution in [0.2, 0.25) is 19.6 Å². The fourth-order valence-corrected chi connectivity index (χ4v) is 5.77. The average Bonchev–Trinajstić information content (AvgIpc) is 1.99. The third kappa shape index (κ3) is 4.99. The Labute approximate surface area is 93.0 Å². The van der Waals surface area contributed by atoms with Gasteiger partial charge in [-0.1, -0.05) is 18.2 Å². The molecule has 0 aliphatic heterocycles. The monoisotopic (exact) mass is 243 g/mol. The first-order chi connectivity index (χ1) is 6.79. The van der Waals surface area contributed by atoms with Gasteiger partial charge in [0.05, 0.1) is 6.26 Å². The van der Waals surface area contributed by atoms with E-state index in [9.17, 15) is 4.21 Å². The molecule has 1 rings (SSSR count). The van der Waals surface area contributed by atoms with Crippen molar-refractivity contribution in [1.82, 2.24) is 0 Å². The van der Waals surface area contributed by atoms with Crippen LogP contribution in [-0.2, 0) is 10.0 Å². The van der Waals surface area contributed by atoms with Gasteiger partial charge in [-0.15, -0.1) is 0 Å². The lowest BCUT2D eigenvalue weighted by atomic mass is 10.3. The van der Waals surface area contributed by atoms with E-state index in [1.807, 2.05) is 37.8 Å². The molecular weight excluding hydrogens is 226 g/mol. The summed E-state index contributed by atoms with van der Waals surface area (Å²) >= 11 is 0. The molecule has 0 N–H and O–H groups in total. The van der Waals surface area contributed by atoms with E-state index in [1.165, 1.54) is 6.26 Å². The lowest BCUT2D eigenvalue weighted by Crippen LogP contribution is -2.21. The summed E-state index contributed by atoms with van der Waals surface area (Å²) in [7, 11) is -4.28. The minimum atomic E-state index is -2.56. The maximum Gasteiger partial charge on any atom is 0.194 e. The van der Waals surface area contributed by atoms with Gasteiger partial charge in [-0.25, -0.2) is 8.24 Å². The molecule has 1 atom stereocenters. The minimum Gasteiger partial charge on any atom is -0.397 e.